The second-order valence-corrected chi connectivity index (χ2v) is 3.76. The van der Waals surface area contributed by atoms with Gasteiger partial charge in [0.2, 0.25) is 0 Å². The molecule has 0 saturated heterocycles. The first kappa shape index (κ1) is 9.48. The molecule has 1 aromatic heterocycles. The van der Waals surface area contributed by atoms with Gasteiger partial charge in [0.15, 0.2) is 0 Å². The van der Waals surface area contributed by atoms with Gasteiger partial charge in [-0.1, -0.05) is 0 Å². The lowest BCUT2D eigenvalue weighted by Crippen LogP contribution is -2.26. The summed E-state index contributed by atoms with van der Waals surface area (Å²) in [4.78, 5) is 0. The standard InChI is InChI=1S/C8H12F2N4/c1-6-11-12-13-14(6)5-7-3-2-4-8(7,9)10/h7H,2-5H2,1H3/t7-/m1/s1. The van der Waals surface area contributed by atoms with Gasteiger partial charge in [-0.15, -0.1) is 5.10 Å². The van der Waals surface area contributed by atoms with Crippen LogP contribution < -0.4 is 0 Å². The van der Waals surface area contributed by atoms with E-state index in [1.165, 1.54) is 4.68 Å². The van der Waals surface area contributed by atoms with Gasteiger partial charge in [0.25, 0.3) is 5.92 Å². The lowest BCUT2D eigenvalue weighted by atomic mass is 10.1. The van der Waals surface area contributed by atoms with Crippen LogP contribution in [0.5, 0.6) is 0 Å². The number of alkyl halides is 2. The van der Waals surface area contributed by atoms with Crippen LogP contribution in [-0.2, 0) is 6.54 Å². The summed E-state index contributed by atoms with van der Waals surface area (Å²) in [5, 5.41) is 10.8. The molecule has 0 unspecified atom stereocenters. The Morgan fingerprint density at radius 3 is 2.86 bits per heavy atom. The van der Waals surface area contributed by atoms with E-state index in [1.54, 1.807) is 6.92 Å². The van der Waals surface area contributed by atoms with Crippen molar-refractivity contribution in [3.05, 3.63) is 5.82 Å². The fourth-order valence-corrected chi connectivity index (χ4v) is 1.85. The highest BCUT2D eigenvalue weighted by atomic mass is 19.3. The number of aromatic nitrogens is 4. The predicted molar refractivity (Wildman–Crippen MR) is 44.8 cm³/mol. The molecule has 0 radical (unpaired) electrons. The number of hydrogen-bond acceptors (Lipinski definition) is 3. The van der Waals surface area contributed by atoms with Crippen LogP contribution in [0.1, 0.15) is 25.1 Å². The minimum absolute atomic E-state index is 0.00115. The van der Waals surface area contributed by atoms with Crippen molar-refractivity contribution in [2.24, 2.45) is 5.92 Å². The highest BCUT2D eigenvalue weighted by molar-refractivity contribution is 4.85. The third-order valence-corrected chi connectivity index (χ3v) is 2.76. The van der Waals surface area contributed by atoms with Crippen molar-refractivity contribution in [3.63, 3.8) is 0 Å². The van der Waals surface area contributed by atoms with E-state index in [1.807, 2.05) is 0 Å². The van der Waals surface area contributed by atoms with E-state index in [4.69, 9.17) is 0 Å². The van der Waals surface area contributed by atoms with Crippen LogP contribution in [0.15, 0.2) is 0 Å². The minimum Gasteiger partial charge on any atom is -0.229 e. The minimum atomic E-state index is -2.54. The molecule has 1 fully saturated rings. The van der Waals surface area contributed by atoms with E-state index in [9.17, 15) is 8.78 Å². The van der Waals surface area contributed by atoms with Crippen molar-refractivity contribution >= 4 is 0 Å². The highest BCUT2D eigenvalue weighted by Gasteiger charge is 2.44. The maximum Gasteiger partial charge on any atom is 0.252 e. The van der Waals surface area contributed by atoms with Gasteiger partial charge in [-0.3, -0.25) is 0 Å². The number of tetrazole rings is 1. The lowest BCUT2D eigenvalue weighted by Gasteiger charge is -2.18. The second kappa shape index (κ2) is 3.25. The van der Waals surface area contributed by atoms with E-state index in [0.717, 1.165) is 0 Å². The van der Waals surface area contributed by atoms with Gasteiger partial charge >= 0.3 is 0 Å². The van der Waals surface area contributed by atoms with Crippen LogP contribution >= 0.6 is 0 Å². The van der Waals surface area contributed by atoms with Gasteiger partial charge in [0, 0.05) is 12.3 Å². The van der Waals surface area contributed by atoms with Crippen molar-refractivity contribution < 1.29 is 8.78 Å². The summed E-state index contributed by atoms with van der Waals surface area (Å²) in [7, 11) is 0. The molecule has 1 aromatic rings. The van der Waals surface area contributed by atoms with E-state index in [0.29, 0.717) is 18.7 Å². The average Bonchev–Trinajstić information content (AvgIpc) is 2.62. The molecule has 1 heterocycles. The van der Waals surface area contributed by atoms with Gasteiger partial charge < -0.3 is 0 Å². The molecule has 0 bridgehead atoms. The number of rotatable bonds is 2. The normalized spacial score (nSPS) is 25.5. The number of aryl methyl sites for hydroxylation is 1. The van der Waals surface area contributed by atoms with Crippen LogP contribution in [0.25, 0.3) is 0 Å². The van der Waals surface area contributed by atoms with Crippen molar-refractivity contribution in [2.45, 2.75) is 38.7 Å². The summed E-state index contributed by atoms with van der Waals surface area (Å²) < 4.78 is 27.9. The first-order chi connectivity index (χ1) is 6.59. The average molecular weight is 202 g/mol. The molecule has 0 aromatic carbocycles. The number of hydrogen-bond donors (Lipinski definition) is 0. The Bertz CT molecular complexity index is 323. The molecule has 4 nitrogen and oxygen atoms in total. The molecule has 1 aliphatic carbocycles. The summed E-state index contributed by atoms with van der Waals surface area (Å²) in [6.45, 7) is 1.94. The molecule has 78 valence electrons. The van der Waals surface area contributed by atoms with Gasteiger partial charge in [0.05, 0.1) is 6.54 Å². The number of halogens is 2. The third-order valence-electron chi connectivity index (χ3n) is 2.76. The first-order valence-electron chi connectivity index (χ1n) is 4.70. The predicted octanol–water partition coefficient (Wildman–Crippen LogP) is 1.42. The molecule has 1 aliphatic rings. The zero-order valence-electron chi connectivity index (χ0n) is 7.95. The largest absolute Gasteiger partial charge is 0.252 e. The fourth-order valence-electron chi connectivity index (χ4n) is 1.85. The van der Waals surface area contributed by atoms with E-state index in [2.05, 4.69) is 15.5 Å². The molecule has 1 saturated carbocycles. The summed E-state index contributed by atoms with van der Waals surface area (Å²) in [5.41, 5.74) is 0. The van der Waals surface area contributed by atoms with Crippen LogP contribution in [0.3, 0.4) is 0 Å². The quantitative estimate of drug-likeness (QED) is 0.728. The zero-order valence-corrected chi connectivity index (χ0v) is 7.95. The number of nitrogens with zero attached hydrogens (tertiary/aromatic N) is 4. The molecule has 0 aliphatic heterocycles. The molecule has 14 heavy (non-hydrogen) atoms. The van der Waals surface area contributed by atoms with Gasteiger partial charge in [-0.2, -0.15) is 0 Å². The Hall–Kier alpha value is -1.07. The van der Waals surface area contributed by atoms with Crippen LogP contribution in [-0.4, -0.2) is 26.1 Å². The molecule has 0 spiro atoms. The molecular formula is C8H12F2N4. The molecule has 6 heteroatoms. The maximum absolute atomic E-state index is 13.3. The van der Waals surface area contributed by atoms with E-state index in [-0.39, 0.29) is 13.0 Å². The Morgan fingerprint density at radius 1 is 1.57 bits per heavy atom. The topological polar surface area (TPSA) is 43.6 Å². The van der Waals surface area contributed by atoms with Gasteiger partial charge in [0.1, 0.15) is 5.82 Å². The summed E-state index contributed by atoms with van der Waals surface area (Å²) in [6.07, 6.45) is 1.16. The van der Waals surface area contributed by atoms with E-state index >= 15 is 0 Å². The van der Waals surface area contributed by atoms with Gasteiger partial charge in [-0.25, -0.2) is 13.5 Å². The molecule has 0 N–H and O–H groups in total. The van der Waals surface area contributed by atoms with Crippen LogP contribution in [0.4, 0.5) is 8.78 Å². The Morgan fingerprint density at radius 2 is 2.36 bits per heavy atom. The summed E-state index contributed by atoms with van der Waals surface area (Å²) in [5.74, 6) is -2.56. The lowest BCUT2D eigenvalue weighted by molar-refractivity contribution is -0.0436. The fraction of sp³-hybridized carbons (Fsp3) is 0.875. The van der Waals surface area contributed by atoms with E-state index < -0.39 is 11.8 Å². The third kappa shape index (κ3) is 1.60. The summed E-state index contributed by atoms with van der Waals surface area (Å²) in [6, 6.07) is 0. The second-order valence-electron chi connectivity index (χ2n) is 3.76. The Balaban J connectivity index is 2.08. The first-order valence-corrected chi connectivity index (χ1v) is 4.70. The maximum atomic E-state index is 13.3. The van der Waals surface area contributed by atoms with Crippen molar-refractivity contribution in [1.82, 2.24) is 20.2 Å². The Labute approximate surface area is 80.3 Å². The monoisotopic (exact) mass is 202 g/mol. The Kier molecular flexibility index (Phi) is 2.20. The van der Waals surface area contributed by atoms with Gasteiger partial charge in [-0.05, 0) is 30.2 Å². The molecule has 1 atom stereocenters. The smallest absolute Gasteiger partial charge is 0.229 e. The van der Waals surface area contributed by atoms with Crippen LogP contribution in [0.2, 0.25) is 0 Å². The molecular weight excluding hydrogens is 190 g/mol. The van der Waals surface area contributed by atoms with Crippen molar-refractivity contribution in [1.29, 1.82) is 0 Å². The molecule has 0 amide bonds. The SMILES string of the molecule is Cc1nnnn1C[C@H]1CCCC1(F)F. The highest BCUT2D eigenvalue weighted by Crippen LogP contribution is 2.40. The van der Waals surface area contributed by atoms with Crippen LogP contribution in [0, 0.1) is 12.8 Å². The zero-order chi connectivity index (χ0) is 10.2. The van der Waals surface area contributed by atoms with Crippen molar-refractivity contribution in [3.8, 4) is 0 Å². The summed E-state index contributed by atoms with van der Waals surface area (Å²) >= 11 is 0. The molecule has 2 rings (SSSR count). The van der Waals surface area contributed by atoms with Crippen molar-refractivity contribution in [2.75, 3.05) is 0 Å².